The zero-order valence-electron chi connectivity index (χ0n) is 53.6. The molecule has 4 aromatic heterocycles. The molecular formula is C63H72N16O16P2S3. The van der Waals surface area contributed by atoms with E-state index >= 15 is 0 Å². The van der Waals surface area contributed by atoms with E-state index in [0.29, 0.717) is 47.0 Å². The Bertz CT molecular complexity index is 4400. The fourth-order valence-electron chi connectivity index (χ4n) is 12.1. The van der Waals surface area contributed by atoms with Crippen LogP contribution in [0.2, 0.25) is 0 Å². The van der Waals surface area contributed by atoms with E-state index in [9.17, 15) is 48.1 Å². The Balaban J connectivity index is 0.641. The van der Waals surface area contributed by atoms with Gasteiger partial charge in [-0.15, -0.1) is 0 Å². The average Bonchev–Trinajstić information content (AvgIpc) is 1.59. The number of nitrogen functional groups attached to an aromatic ring is 1. The molecule has 0 saturated carbocycles. The molecule has 2 bridgehead atoms. The molecule has 528 valence electrons. The minimum Gasteiger partial charge on any atom is -0.387 e. The smallest absolute Gasteiger partial charge is 0.386 e. The number of fused-ring (bicyclic) bond motifs is 6. The number of anilines is 4. The highest BCUT2D eigenvalue weighted by molar-refractivity contribution is 8.44. The van der Waals surface area contributed by atoms with Crippen molar-refractivity contribution in [3.63, 3.8) is 0 Å². The summed E-state index contributed by atoms with van der Waals surface area (Å²) in [5.74, 6) is 3.67. The van der Waals surface area contributed by atoms with Crippen molar-refractivity contribution in [2.24, 2.45) is 0 Å². The molecule has 0 spiro atoms. The summed E-state index contributed by atoms with van der Waals surface area (Å²) in [7, 11) is 0. The number of nitrogens with one attached hydrogen (secondary N) is 7. The predicted molar refractivity (Wildman–Crippen MR) is 373 cm³/mol. The van der Waals surface area contributed by atoms with Crippen LogP contribution in [-0.2, 0) is 84.9 Å². The first-order valence-electron chi connectivity index (χ1n) is 31.9. The standard InChI is InChI=1S/C63H72N16O16P2S3/c1-100-25-21-40(74-60(87)41(26-35-10-3-2-4-11-35)73-47(82)28-69-46(81)27-68-45(80)19-20-48(83)77-29-38-14-6-5-12-36(38)17-18-37-13-7-8-16-42(37)77)59(86)66-23-24-67-63-75-55(64)50-58(76-63)79(34-72-50)62-54-51(84)43(92-62)31-90-96(88,98)94-53-44(32-91-97(89,99)95-54)93-61(52(53)85)78-30-39-15-9-22-65-56-49(39)57(78)71-33-70-56/h2-8,10-14,16,30,33-34,40-41,43-44,51-54,61-62,84-85H,9,15,19-29,31-32H2,1H3,(H,66,86)(H,68,80)(H,69,81)(H,73,82)(H,74,87)(H,88,98)(H,89,99)(H,65,70,71)(H3,64,67,75,76)/t40-,41-,43+,44+,51+,52+,53+,54+,61+,62+,96?,97?/m0/s1. The van der Waals surface area contributed by atoms with E-state index in [2.05, 4.69) is 98.5 Å². The van der Waals surface area contributed by atoms with Gasteiger partial charge in [-0.1, -0.05) is 97.0 Å². The summed E-state index contributed by atoms with van der Waals surface area (Å²) in [6.45, 7) is -10.4. The number of aryl methyl sites for hydroxylation is 1. The highest BCUT2D eigenvalue weighted by Gasteiger charge is 2.53. The number of benzene rings is 3. The monoisotopic (exact) mass is 1470 g/mol. The summed E-state index contributed by atoms with van der Waals surface area (Å²) >= 11 is 9.94. The van der Waals surface area contributed by atoms with Crippen molar-refractivity contribution >= 4 is 131 Å². The maximum Gasteiger partial charge on any atom is 0.386 e. The molecular weight excluding hydrogens is 1390 g/mol. The van der Waals surface area contributed by atoms with Crippen LogP contribution in [-0.4, -0.2) is 186 Å². The van der Waals surface area contributed by atoms with Crippen molar-refractivity contribution in [2.45, 2.75) is 106 Å². The first-order chi connectivity index (χ1) is 48.2. The molecule has 7 aromatic rings. The summed E-state index contributed by atoms with van der Waals surface area (Å²) in [5, 5.41) is 43.8. The van der Waals surface area contributed by atoms with Crippen LogP contribution in [0.5, 0.6) is 0 Å². The van der Waals surface area contributed by atoms with Crippen molar-refractivity contribution in [1.82, 2.24) is 60.6 Å². The van der Waals surface area contributed by atoms with Crippen LogP contribution in [0.25, 0.3) is 22.2 Å². The van der Waals surface area contributed by atoms with Crippen LogP contribution in [0, 0.1) is 11.8 Å². The van der Waals surface area contributed by atoms with Crippen LogP contribution in [0.4, 0.5) is 23.3 Å². The highest BCUT2D eigenvalue weighted by Crippen LogP contribution is 2.60. The number of carbonyl (C=O) groups excluding carboxylic acids is 6. The summed E-state index contributed by atoms with van der Waals surface area (Å²) < 4.78 is 67.1. The molecule has 3 saturated heterocycles. The number of rotatable bonds is 22. The van der Waals surface area contributed by atoms with Gasteiger partial charge >= 0.3 is 13.6 Å². The Hall–Kier alpha value is -8.20. The molecule has 2 unspecified atom stereocenters. The number of hydrogen-bond donors (Lipinski definition) is 12. The lowest BCUT2D eigenvalue weighted by Gasteiger charge is -2.26. The molecule has 3 fully saturated rings. The molecule has 5 aliphatic rings. The van der Waals surface area contributed by atoms with Gasteiger partial charge in [-0.2, -0.15) is 21.7 Å². The molecule has 5 aliphatic heterocycles. The van der Waals surface area contributed by atoms with Crippen molar-refractivity contribution in [1.29, 1.82) is 0 Å². The van der Waals surface area contributed by atoms with Gasteiger partial charge in [0.15, 0.2) is 23.9 Å². The van der Waals surface area contributed by atoms with E-state index in [1.165, 1.54) is 29.0 Å². The second kappa shape index (κ2) is 31.8. The van der Waals surface area contributed by atoms with Gasteiger partial charge in [0.2, 0.25) is 41.4 Å². The summed E-state index contributed by atoms with van der Waals surface area (Å²) in [6.07, 6.45) is -3.88. The summed E-state index contributed by atoms with van der Waals surface area (Å²) in [4.78, 5) is 105. The number of nitrogens with two attached hydrogens (primary N) is 1. The molecule has 0 radical (unpaired) electrons. The molecule has 6 amide bonds. The largest absolute Gasteiger partial charge is 0.387 e. The van der Waals surface area contributed by atoms with Crippen LogP contribution < -0.4 is 47.9 Å². The van der Waals surface area contributed by atoms with Crippen LogP contribution in [0.3, 0.4) is 0 Å². The van der Waals surface area contributed by atoms with E-state index in [4.69, 9.17) is 33.3 Å². The number of aliphatic hydroxyl groups is 2. The molecule has 9 heterocycles. The number of imidazole rings is 1. The number of aliphatic hydroxyl groups excluding tert-OH is 2. The third-order valence-electron chi connectivity index (χ3n) is 17.1. The van der Waals surface area contributed by atoms with E-state index in [1.807, 2.05) is 42.7 Å². The lowest BCUT2D eigenvalue weighted by atomic mass is 10.0. The SMILES string of the molecule is CSCC[C@H](NC(=O)[C@H](Cc1ccccc1)NC(=O)CNC(=O)CNC(=O)CCC(=O)N1Cc2ccccc2C#Cc2ccccc21)C(=O)NCCNc1nc(N)c2ncn([C@@H]3O[C@@H]4COP(=O)(S)O[C@H]5[C@@H](O)[C@H](n6cc7c8c(ncnc86)NCCC7)O[C@@H]5COP(=O)(S)O[C@@H]3[C@@H]4O)c2n1. The van der Waals surface area contributed by atoms with Gasteiger partial charge in [0, 0.05) is 56.2 Å². The van der Waals surface area contributed by atoms with Crippen molar-refractivity contribution < 1.29 is 75.7 Å². The van der Waals surface area contributed by atoms with Crippen molar-refractivity contribution in [2.75, 3.05) is 79.2 Å². The molecule has 37 heteroatoms. The highest BCUT2D eigenvalue weighted by atomic mass is 32.7. The van der Waals surface area contributed by atoms with Crippen molar-refractivity contribution in [3.8, 4) is 11.8 Å². The molecule has 3 aromatic carbocycles. The number of thiol groups is 2. The van der Waals surface area contributed by atoms with E-state index in [1.54, 1.807) is 58.1 Å². The first-order valence-corrected chi connectivity index (χ1v) is 38.7. The number of ether oxygens (including phenoxy) is 2. The number of thioether (sulfide) groups is 1. The van der Waals surface area contributed by atoms with Gasteiger partial charge in [-0.25, -0.2) is 24.1 Å². The van der Waals surface area contributed by atoms with E-state index in [0.717, 1.165) is 28.5 Å². The lowest BCUT2D eigenvalue weighted by Crippen LogP contribution is -2.56. The number of para-hydroxylation sites is 1. The van der Waals surface area contributed by atoms with Crippen LogP contribution >= 0.6 is 49.9 Å². The summed E-state index contributed by atoms with van der Waals surface area (Å²) in [6, 6.07) is 21.3. The van der Waals surface area contributed by atoms with Gasteiger partial charge < -0.3 is 72.1 Å². The topological polar surface area (TPSA) is 420 Å². The van der Waals surface area contributed by atoms with Crippen molar-refractivity contribution in [3.05, 3.63) is 126 Å². The molecule has 12 atom stereocenters. The number of nitrogens with zero attached hydrogens (tertiary/aromatic N) is 8. The second-order valence-corrected chi connectivity index (χ2v) is 30.6. The Morgan fingerprint density at radius 1 is 0.740 bits per heavy atom. The average molecular weight is 1470 g/mol. The second-order valence-electron chi connectivity index (χ2n) is 23.9. The molecule has 100 heavy (non-hydrogen) atoms. The maximum atomic E-state index is 14.3. The molecule has 0 aliphatic carbocycles. The predicted octanol–water partition coefficient (Wildman–Crippen LogP) is 3.07. The van der Waals surface area contributed by atoms with Gasteiger partial charge in [0.05, 0.1) is 50.2 Å². The van der Waals surface area contributed by atoms with Crippen LogP contribution in [0.1, 0.15) is 66.0 Å². The fraction of sp³-hybridized carbons (Fsp3) is 0.413. The Morgan fingerprint density at radius 2 is 1.45 bits per heavy atom. The summed E-state index contributed by atoms with van der Waals surface area (Å²) in [5.41, 5.74) is 11.5. The minimum absolute atomic E-state index is 0.00510. The quantitative estimate of drug-likeness (QED) is 0.0201. The fourth-order valence-corrected chi connectivity index (χ4v) is 15.5. The molecule has 12 rings (SSSR count). The minimum atomic E-state index is -4.53. The third kappa shape index (κ3) is 16.9. The first kappa shape index (κ1) is 71.6. The van der Waals surface area contributed by atoms with Gasteiger partial charge in [0.1, 0.15) is 72.0 Å². The molecule has 11 N–H and O–H groups in total. The normalized spacial score (nSPS) is 24.6. The van der Waals surface area contributed by atoms with Gasteiger partial charge in [-0.3, -0.25) is 51.4 Å². The Kier molecular flexibility index (Phi) is 22.8. The third-order valence-corrected chi connectivity index (χ3v) is 20.9. The number of amides is 6. The maximum absolute atomic E-state index is 14.3. The number of carbonyl (C=O) groups is 6. The lowest BCUT2D eigenvalue weighted by molar-refractivity contribution is -0.132. The Labute approximate surface area is 586 Å². The van der Waals surface area contributed by atoms with E-state index < -0.39 is 131 Å². The Morgan fingerprint density at radius 3 is 2.25 bits per heavy atom. The zero-order chi connectivity index (χ0) is 70.2. The zero-order valence-corrected chi connectivity index (χ0v) is 58.0. The van der Waals surface area contributed by atoms with Gasteiger partial charge in [-0.05, 0) is 66.2 Å². The number of hydrogen-bond acceptors (Lipinski definition) is 25. The number of aromatic nitrogens is 7. The van der Waals surface area contributed by atoms with E-state index in [-0.39, 0.29) is 74.2 Å². The molecule has 32 nitrogen and oxygen atoms in total. The van der Waals surface area contributed by atoms with Crippen LogP contribution in [0.15, 0.2) is 97.7 Å². The van der Waals surface area contributed by atoms with Gasteiger partial charge in [0.25, 0.3) is 0 Å².